The van der Waals surface area contributed by atoms with Gasteiger partial charge in [0.1, 0.15) is 14.9 Å². The Hall–Kier alpha value is -1.20. The van der Waals surface area contributed by atoms with Crippen LogP contribution in [0.2, 0.25) is 0 Å². The van der Waals surface area contributed by atoms with Crippen molar-refractivity contribution in [2.75, 3.05) is 0 Å². The van der Waals surface area contributed by atoms with Crippen LogP contribution in [0.5, 0.6) is 0 Å². The number of para-hydroxylation sites is 1. The highest BCUT2D eigenvalue weighted by molar-refractivity contribution is 14.1. The second kappa shape index (κ2) is 3.27. The number of hydrogen-bond acceptors (Lipinski definition) is 3. The molecule has 0 saturated carbocycles. The summed E-state index contributed by atoms with van der Waals surface area (Å²) in [6, 6.07) is 5.48. The van der Waals surface area contributed by atoms with Gasteiger partial charge in [-0.2, -0.15) is 10.1 Å². The molecule has 0 unspecified atom stereocenters. The highest BCUT2D eigenvalue weighted by atomic mass is 127. The number of carbonyl (C=O) groups excluding carboxylic acids is 1. The van der Waals surface area contributed by atoms with Crippen LogP contribution in [0.1, 0.15) is 0 Å². The lowest BCUT2D eigenvalue weighted by Gasteiger charge is -1.90. The second-order valence-corrected chi connectivity index (χ2v) is 3.49. The number of nitrogens with one attached hydrogen (secondary N) is 1. The number of fused-ring (bicyclic) bond motifs is 1. The summed E-state index contributed by atoms with van der Waals surface area (Å²) in [5.74, 6) is 0. The molecule has 0 fully saturated rings. The number of halogens is 1. The Morgan fingerprint density at radius 3 is 3.15 bits per heavy atom. The Bertz CT molecular complexity index is 499. The van der Waals surface area contributed by atoms with E-state index in [2.05, 4.69) is 37.8 Å². The summed E-state index contributed by atoms with van der Waals surface area (Å²) < 4.78 is 0.940. The van der Waals surface area contributed by atoms with Crippen molar-refractivity contribution in [2.24, 2.45) is 4.99 Å². The zero-order chi connectivity index (χ0) is 9.26. The predicted octanol–water partition coefficient (Wildman–Crippen LogP) is 2.13. The summed E-state index contributed by atoms with van der Waals surface area (Å²) in [4.78, 5) is 13.6. The van der Waals surface area contributed by atoms with Crippen LogP contribution in [-0.2, 0) is 4.79 Å². The Morgan fingerprint density at radius 2 is 2.38 bits per heavy atom. The molecular weight excluding hydrogens is 281 g/mol. The van der Waals surface area contributed by atoms with Gasteiger partial charge >= 0.3 is 0 Å². The van der Waals surface area contributed by atoms with E-state index in [0.717, 1.165) is 9.09 Å². The first kappa shape index (κ1) is 8.40. The summed E-state index contributed by atoms with van der Waals surface area (Å²) in [6.45, 7) is 0. The van der Waals surface area contributed by atoms with E-state index in [1.165, 1.54) is 6.08 Å². The zero-order valence-corrected chi connectivity index (χ0v) is 8.57. The van der Waals surface area contributed by atoms with E-state index >= 15 is 0 Å². The van der Waals surface area contributed by atoms with Crippen molar-refractivity contribution in [3.8, 4) is 0 Å². The van der Waals surface area contributed by atoms with Crippen LogP contribution >= 0.6 is 22.6 Å². The van der Waals surface area contributed by atoms with Gasteiger partial charge in [-0.3, -0.25) is 5.10 Å². The van der Waals surface area contributed by atoms with Crippen molar-refractivity contribution in [3.05, 3.63) is 21.9 Å². The van der Waals surface area contributed by atoms with Gasteiger partial charge < -0.3 is 0 Å². The van der Waals surface area contributed by atoms with Crippen LogP contribution < -0.4 is 0 Å². The van der Waals surface area contributed by atoms with Crippen LogP contribution in [0.4, 0.5) is 5.69 Å². The van der Waals surface area contributed by atoms with Gasteiger partial charge in [0.05, 0.1) is 0 Å². The number of aromatic amines is 1. The molecule has 0 radical (unpaired) electrons. The molecule has 1 heterocycles. The van der Waals surface area contributed by atoms with Gasteiger partial charge in [0.25, 0.3) is 0 Å². The summed E-state index contributed by atoms with van der Waals surface area (Å²) >= 11 is 2.14. The number of isocyanates is 1. The van der Waals surface area contributed by atoms with Crippen LogP contribution in [0.3, 0.4) is 0 Å². The van der Waals surface area contributed by atoms with Crippen LogP contribution in [-0.4, -0.2) is 16.3 Å². The number of rotatable bonds is 1. The zero-order valence-electron chi connectivity index (χ0n) is 6.41. The average Bonchev–Trinajstić information content (AvgIpc) is 2.50. The molecule has 1 aromatic heterocycles. The summed E-state index contributed by atoms with van der Waals surface area (Å²) in [5, 5.41) is 7.82. The molecule has 64 valence electrons. The molecule has 0 bridgehead atoms. The third-order valence-corrected chi connectivity index (χ3v) is 2.51. The lowest BCUT2D eigenvalue weighted by molar-refractivity contribution is 0.565. The largest absolute Gasteiger partial charge is 0.271 e. The monoisotopic (exact) mass is 285 g/mol. The van der Waals surface area contributed by atoms with Gasteiger partial charge in [0, 0.05) is 5.39 Å². The Kier molecular flexibility index (Phi) is 2.12. The quantitative estimate of drug-likeness (QED) is 0.495. The van der Waals surface area contributed by atoms with Crippen molar-refractivity contribution in [3.63, 3.8) is 0 Å². The first-order chi connectivity index (χ1) is 6.33. The molecule has 1 N–H and O–H groups in total. The number of hydrogen-bond donors (Lipinski definition) is 1. The lowest BCUT2D eigenvalue weighted by Crippen LogP contribution is -1.70. The van der Waals surface area contributed by atoms with Crippen molar-refractivity contribution < 1.29 is 4.79 Å². The Balaban J connectivity index is 2.84. The fourth-order valence-electron chi connectivity index (χ4n) is 1.13. The Morgan fingerprint density at radius 1 is 1.54 bits per heavy atom. The van der Waals surface area contributed by atoms with Crippen molar-refractivity contribution in [1.82, 2.24) is 10.2 Å². The predicted molar refractivity (Wildman–Crippen MR) is 56.6 cm³/mol. The molecule has 0 aliphatic rings. The molecule has 2 rings (SSSR count). The first-order valence-corrected chi connectivity index (χ1v) is 4.61. The first-order valence-electron chi connectivity index (χ1n) is 3.53. The van der Waals surface area contributed by atoms with E-state index in [0.29, 0.717) is 11.2 Å². The van der Waals surface area contributed by atoms with Gasteiger partial charge in [-0.05, 0) is 34.7 Å². The van der Waals surface area contributed by atoms with Crippen molar-refractivity contribution in [1.29, 1.82) is 0 Å². The number of H-pyrrole nitrogens is 1. The van der Waals surface area contributed by atoms with E-state index < -0.39 is 0 Å². The third kappa shape index (κ3) is 1.36. The second-order valence-electron chi connectivity index (χ2n) is 2.41. The maximum Gasteiger partial charge on any atom is 0.240 e. The molecule has 0 spiro atoms. The van der Waals surface area contributed by atoms with Gasteiger partial charge in [0.2, 0.25) is 6.08 Å². The molecule has 0 aliphatic carbocycles. The van der Waals surface area contributed by atoms with Crippen molar-refractivity contribution in [2.45, 2.75) is 0 Å². The maximum atomic E-state index is 10.1. The normalized spacial score (nSPS) is 9.92. The Labute approximate surface area is 87.2 Å². The third-order valence-electron chi connectivity index (χ3n) is 1.68. The van der Waals surface area contributed by atoms with Gasteiger partial charge in [-0.15, -0.1) is 0 Å². The van der Waals surface area contributed by atoms with Crippen LogP contribution in [0.15, 0.2) is 23.2 Å². The fourth-order valence-corrected chi connectivity index (χ4v) is 1.69. The van der Waals surface area contributed by atoms with Crippen LogP contribution in [0, 0.1) is 3.70 Å². The van der Waals surface area contributed by atoms with Gasteiger partial charge in [-0.25, -0.2) is 4.79 Å². The molecule has 0 amide bonds. The van der Waals surface area contributed by atoms with E-state index in [1.54, 1.807) is 6.07 Å². The summed E-state index contributed by atoms with van der Waals surface area (Å²) in [6.07, 6.45) is 1.50. The smallest absolute Gasteiger partial charge is 0.240 e. The standard InChI is InChI=1S/C8H4IN3O/c9-8-5-2-1-3-6(10-4-13)7(5)11-12-8/h1-3H,(H,11,12). The minimum Gasteiger partial charge on any atom is -0.271 e. The minimum atomic E-state index is 0.548. The van der Waals surface area contributed by atoms with Crippen molar-refractivity contribution >= 4 is 45.3 Å². The van der Waals surface area contributed by atoms with Gasteiger partial charge in [-0.1, -0.05) is 6.07 Å². The molecule has 13 heavy (non-hydrogen) atoms. The highest BCUT2D eigenvalue weighted by Crippen LogP contribution is 2.26. The van der Waals surface area contributed by atoms with E-state index in [1.807, 2.05) is 12.1 Å². The molecule has 2 aromatic rings. The summed E-state index contributed by atoms with van der Waals surface area (Å²) in [5.41, 5.74) is 1.25. The maximum absolute atomic E-state index is 10.1. The molecule has 1 aromatic carbocycles. The number of aliphatic imine (C=N–C) groups is 1. The van der Waals surface area contributed by atoms with E-state index in [9.17, 15) is 4.79 Å². The van der Waals surface area contributed by atoms with Gasteiger partial charge in [0.15, 0.2) is 0 Å². The molecule has 0 aliphatic heterocycles. The molecule has 0 atom stereocenters. The minimum absolute atomic E-state index is 0.548. The SMILES string of the molecule is O=C=Nc1cccc2c(I)[nH]nc12. The topological polar surface area (TPSA) is 58.1 Å². The fraction of sp³-hybridized carbons (Fsp3) is 0. The van der Waals surface area contributed by atoms with E-state index in [-0.39, 0.29) is 0 Å². The molecule has 0 saturated heterocycles. The van der Waals surface area contributed by atoms with Crippen LogP contribution in [0.25, 0.3) is 10.9 Å². The molecule has 5 heteroatoms. The van der Waals surface area contributed by atoms with E-state index in [4.69, 9.17) is 0 Å². The summed E-state index contributed by atoms with van der Waals surface area (Å²) in [7, 11) is 0. The molecular formula is C8H4IN3O. The number of nitrogens with zero attached hydrogens (tertiary/aromatic N) is 2. The average molecular weight is 285 g/mol. The highest BCUT2D eigenvalue weighted by Gasteiger charge is 2.05. The number of aromatic nitrogens is 2. The molecule has 4 nitrogen and oxygen atoms in total. The lowest BCUT2D eigenvalue weighted by atomic mass is 10.2. The number of benzene rings is 1.